The van der Waals surface area contributed by atoms with Crippen LogP contribution >= 0.6 is 0 Å². The van der Waals surface area contributed by atoms with Crippen LogP contribution in [0.5, 0.6) is 5.75 Å². The number of aliphatic hydroxyl groups is 1. The summed E-state index contributed by atoms with van der Waals surface area (Å²) in [5, 5.41) is 21.8. The highest BCUT2D eigenvalue weighted by Gasteiger charge is 2.41. The average Bonchev–Trinajstić information content (AvgIpc) is 3.34. The Morgan fingerprint density at radius 2 is 1.81 bits per heavy atom. The number of rotatable bonds is 6. The fourth-order valence-electron chi connectivity index (χ4n) is 4.35. The summed E-state index contributed by atoms with van der Waals surface area (Å²) in [6.07, 6.45) is -0.655. The van der Waals surface area contributed by atoms with Gasteiger partial charge in [-0.25, -0.2) is 13.6 Å². The smallest absolute Gasteiger partial charge is 0.321 e. The van der Waals surface area contributed by atoms with Gasteiger partial charge in [0, 0.05) is 44.5 Å². The van der Waals surface area contributed by atoms with Crippen molar-refractivity contribution in [2.75, 3.05) is 44.6 Å². The van der Waals surface area contributed by atoms with Gasteiger partial charge >= 0.3 is 6.03 Å². The van der Waals surface area contributed by atoms with Gasteiger partial charge in [-0.1, -0.05) is 0 Å². The number of benzene rings is 2. The van der Waals surface area contributed by atoms with Gasteiger partial charge in [0.2, 0.25) is 0 Å². The topological polar surface area (TPSA) is 88.8 Å². The quantitative estimate of drug-likeness (QED) is 0.718. The molecule has 3 atom stereocenters. The van der Waals surface area contributed by atoms with E-state index in [0.717, 1.165) is 25.2 Å². The number of urea groups is 1. The highest BCUT2D eigenvalue weighted by molar-refractivity contribution is 5.89. The molecule has 4 rings (SSSR count). The number of carbonyl (C=O) groups excluding carboxylic acids is 1. The van der Waals surface area contributed by atoms with E-state index < -0.39 is 17.7 Å². The third kappa shape index (κ3) is 5.15. The Hall–Kier alpha value is -3.22. The first-order valence-electron chi connectivity index (χ1n) is 10.5. The molecular weight excluding hydrogens is 418 g/mol. The van der Waals surface area contributed by atoms with Crippen LogP contribution in [0.4, 0.5) is 19.3 Å². The molecule has 2 aromatic rings. The number of nitrogens with one attached hydrogen (secondary N) is 1. The molecule has 0 saturated carbocycles. The van der Waals surface area contributed by atoms with Gasteiger partial charge in [0.25, 0.3) is 0 Å². The summed E-state index contributed by atoms with van der Waals surface area (Å²) in [5.41, 5.74) is 0.770. The highest BCUT2D eigenvalue weighted by Crippen LogP contribution is 2.31. The van der Waals surface area contributed by atoms with E-state index in [1.807, 2.05) is 6.07 Å². The van der Waals surface area contributed by atoms with Crippen molar-refractivity contribution in [3.63, 3.8) is 0 Å². The third-order valence-electron chi connectivity index (χ3n) is 5.91. The van der Waals surface area contributed by atoms with Crippen LogP contribution < -0.4 is 10.1 Å². The third-order valence-corrected chi connectivity index (χ3v) is 5.91. The van der Waals surface area contributed by atoms with Crippen LogP contribution in [0.2, 0.25) is 0 Å². The van der Waals surface area contributed by atoms with Crippen LogP contribution in [0.3, 0.4) is 0 Å². The van der Waals surface area contributed by atoms with Gasteiger partial charge in [-0.2, -0.15) is 5.26 Å². The zero-order chi connectivity index (χ0) is 22.7. The van der Waals surface area contributed by atoms with E-state index >= 15 is 0 Å². The molecule has 2 fully saturated rings. The molecule has 2 aliphatic heterocycles. The van der Waals surface area contributed by atoms with Crippen molar-refractivity contribution in [2.45, 2.75) is 6.10 Å². The average molecular weight is 442 g/mol. The Morgan fingerprint density at radius 3 is 2.44 bits per heavy atom. The van der Waals surface area contributed by atoms with Crippen LogP contribution in [0.1, 0.15) is 5.56 Å². The fraction of sp³-hybridized carbons (Fsp3) is 0.391. The molecular formula is C23H24F2N4O3. The molecule has 32 heavy (non-hydrogen) atoms. The van der Waals surface area contributed by atoms with Gasteiger partial charge in [-0.15, -0.1) is 0 Å². The first-order valence-corrected chi connectivity index (χ1v) is 10.5. The van der Waals surface area contributed by atoms with E-state index in [0.29, 0.717) is 42.8 Å². The maximum Gasteiger partial charge on any atom is 0.321 e. The largest absolute Gasteiger partial charge is 0.491 e. The Kier molecular flexibility index (Phi) is 6.53. The zero-order valence-corrected chi connectivity index (χ0v) is 17.4. The minimum Gasteiger partial charge on any atom is -0.491 e. The van der Waals surface area contributed by atoms with E-state index in [-0.39, 0.29) is 18.3 Å². The number of halogens is 2. The molecule has 2 aromatic carbocycles. The minimum absolute atomic E-state index is 0.153. The number of anilines is 1. The van der Waals surface area contributed by atoms with Crippen molar-refractivity contribution < 1.29 is 23.4 Å². The van der Waals surface area contributed by atoms with Gasteiger partial charge in [-0.05, 0) is 48.2 Å². The molecule has 9 heteroatoms. The van der Waals surface area contributed by atoms with Crippen molar-refractivity contribution in [1.82, 2.24) is 9.80 Å². The summed E-state index contributed by atoms with van der Waals surface area (Å²) >= 11 is 0. The molecule has 2 saturated heterocycles. The number of amides is 2. The fourth-order valence-corrected chi connectivity index (χ4v) is 4.35. The first-order chi connectivity index (χ1) is 15.4. The van der Waals surface area contributed by atoms with Crippen molar-refractivity contribution in [2.24, 2.45) is 11.8 Å². The Bertz CT molecular complexity index is 997. The normalized spacial score (nSPS) is 21.1. The summed E-state index contributed by atoms with van der Waals surface area (Å²) in [6, 6.07) is 11.7. The molecule has 0 bridgehead atoms. The number of hydrogen-bond acceptors (Lipinski definition) is 5. The van der Waals surface area contributed by atoms with Crippen molar-refractivity contribution in [1.29, 1.82) is 5.26 Å². The number of nitrogens with zero attached hydrogens (tertiary/aromatic N) is 3. The summed E-state index contributed by atoms with van der Waals surface area (Å²) < 4.78 is 32.0. The zero-order valence-electron chi connectivity index (χ0n) is 17.4. The van der Waals surface area contributed by atoms with Gasteiger partial charge < -0.3 is 20.1 Å². The van der Waals surface area contributed by atoms with E-state index in [9.17, 15) is 18.7 Å². The lowest BCUT2D eigenvalue weighted by molar-refractivity contribution is 0.0725. The van der Waals surface area contributed by atoms with Crippen LogP contribution in [-0.4, -0.2) is 66.4 Å². The van der Waals surface area contributed by atoms with Gasteiger partial charge in [-0.3, -0.25) is 4.90 Å². The Labute approximate surface area is 184 Å². The SMILES string of the molecule is N#Cc1ccc(OC[C@@H](O)CN2CC3CN(C(=O)Nc4ccc(F)c(F)c4)CC3C2)cc1. The van der Waals surface area contributed by atoms with Crippen LogP contribution in [0, 0.1) is 34.8 Å². The molecule has 2 N–H and O–H groups in total. The molecule has 168 valence electrons. The Morgan fingerprint density at radius 1 is 1.12 bits per heavy atom. The maximum atomic E-state index is 13.3. The second kappa shape index (κ2) is 9.51. The molecule has 2 aliphatic rings. The summed E-state index contributed by atoms with van der Waals surface area (Å²) in [4.78, 5) is 16.3. The number of carbonyl (C=O) groups is 1. The number of nitriles is 1. The lowest BCUT2D eigenvalue weighted by Crippen LogP contribution is -2.39. The highest BCUT2D eigenvalue weighted by atomic mass is 19.2. The lowest BCUT2D eigenvalue weighted by Gasteiger charge is -2.24. The number of likely N-dealkylation sites (tertiary alicyclic amines) is 2. The monoisotopic (exact) mass is 442 g/mol. The van der Waals surface area contributed by atoms with Gasteiger partial charge in [0.1, 0.15) is 18.5 Å². The van der Waals surface area contributed by atoms with Crippen molar-refractivity contribution in [3.05, 3.63) is 59.7 Å². The second-order valence-electron chi connectivity index (χ2n) is 8.30. The number of fused-ring (bicyclic) bond motifs is 1. The van der Waals surface area contributed by atoms with E-state index in [2.05, 4.69) is 10.2 Å². The number of aliphatic hydroxyl groups excluding tert-OH is 1. The molecule has 0 aromatic heterocycles. The number of ether oxygens (including phenoxy) is 1. The van der Waals surface area contributed by atoms with E-state index in [4.69, 9.17) is 10.00 Å². The predicted molar refractivity (Wildman–Crippen MR) is 113 cm³/mol. The van der Waals surface area contributed by atoms with E-state index in [1.54, 1.807) is 29.2 Å². The van der Waals surface area contributed by atoms with Crippen molar-refractivity contribution >= 4 is 11.7 Å². The molecule has 7 nitrogen and oxygen atoms in total. The molecule has 0 spiro atoms. The number of β-amino-alcohol motifs (C(OH)–C–C–N with tert-alkyl or cyclic N) is 1. The summed E-state index contributed by atoms with van der Waals surface area (Å²) in [6.45, 7) is 3.33. The molecule has 2 heterocycles. The number of hydrogen-bond donors (Lipinski definition) is 2. The molecule has 2 amide bonds. The minimum atomic E-state index is -1.00. The summed E-state index contributed by atoms with van der Waals surface area (Å²) in [7, 11) is 0. The van der Waals surface area contributed by atoms with Crippen LogP contribution in [0.15, 0.2) is 42.5 Å². The van der Waals surface area contributed by atoms with E-state index in [1.165, 1.54) is 6.07 Å². The second-order valence-corrected chi connectivity index (χ2v) is 8.30. The molecule has 2 unspecified atom stereocenters. The molecule has 0 radical (unpaired) electrons. The van der Waals surface area contributed by atoms with Gasteiger partial charge in [0.15, 0.2) is 11.6 Å². The summed E-state index contributed by atoms with van der Waals surface area (Å²) in [5.74, 6) is -0.750. The lowest BCUT2D eigenvalue weighted by atomic mass is 10.0. The van der Waals surface area contributed by atoms with Crippen molar-refractivity contribution in [3.8, 4) is 11.8 Å². The maximum absolute atomic E-state index is 13.3. The standard InChI is InChI=1S/C23H24F2N4O3/c24-21-6-3-18(7-22(21)25)27-23(31)29-11-16-9-28(10-17(16)12-29)13-19(30)14-32-20-4-1-15(8-26)2-5-20/h1-7,16-17,19,30H,9-14H2,(H,27,31)/t16?,17?,19-/m0/s1. The Balaban J connectivity index is 1.20. The van der Waals surface area contributed by atoms with Gasteiger partial charge in [0.05, 0.1) is 11.6 Å². The first kappa shape index (κ1) is 22.0. The van der Waals surface area contributed by atoms with Crippen LogP contribution in [-0.2, 0) is 0 Å². The predicted octanol–water partition coefficient (Wildman–Crippen LogP) is 2.67. The molecule has 0 aliphatic carbocycles. The van der Waals surface area contributed by atoms with Crippen LogP contribution in [0.25, 0.3) is 0 Å².